The Morgan fingerprint density at radius 3 is 2.93 bits per heavy atom. The van der Waals surface area contributed by atoms with Crippen LogP contribution in [0.5, 0.6) is 0 Å². The number of aromatic nitrogens is 3. The third-order valence-corrected chi connectivity index (χ3v) is 5.88. The molecular weight excluding hydrogens is 392 g/mol. The van der Waals surface area contributed by atoms with Crippen LogP contribution >= 0.6 is 0 Å². The lowest BCUT2D eigenvalue weighted by Gasteiger charge is -2.24. The Bertz CT molecular complexity index is 968. The van der Waals surface area contributed by atoms with E-state index in [-0.39, 0.29) is 18.1 Å². The number of fused-ring (bicyclic) bond motifs is 1. The number of amides is 1. The van der Waals surface area contributed by atoms with Crippen molar-refractivity contribution in [1.82, 2.24) is 19.9 Å². The smallest absolute Gasteiger partial charge is 0.407 e. The molecule has 0 bridgehead atoms. The number of nitriles is 1. The minimum Gasteiger partial charge on any atom is -0.447 e. The molecule has 11 nitrogen and oxygen atoms in total. The van der Waals surface area contributed by atoms with Gasteiger partial charge in [0.2, 0.25) is 5.60 Å². The molecule has 2 aromatic rings. The molecule has 0 radical (unpaired) electrons. The SMILES string of the molecule is N#C[C@@]1(c2ccc3c(N)ncnn23)O[C@H](COC(=O)NCC2CCCC2)[C@@H](O)[C@H]1O. The number of nitrogens with zero attached hydrogens (tertiary/aromatic N) is 4. The predicted octanol–water partition coefficient (Wildman–Crippen LogP) is 0.0674. The van der Waals surface area contributed by atoms with Crippen LogP contribution in [0, 0.1) is 17.2 Å². The van der Waals surface area contributed by atoms with E-state index in [9.17, 15) is 20.3 Å². The van der Waals surface area contributed by atoms with Gasteiger partial charge in [-0.25, -0.2) is 14.3 Å². The number of carbonyl (C=O) groups excluding carboxylic acids is 1. The van der Waals surface area contributed by atoms with Gasteiger partial charge in [-0.05, 0) is 30.9 Å². The monoisotopic (exact) mass is 416 g/mol. The lowest BCUT2D eigenvalue weighted by molar-refractivity contribution is -0.0659. The van der Waals surface area contributed by atoms with E-state index in [0.717, 1.165) is 12.8 Å². The molecule has 30 heavy (non-hydrogen) atoms. The Balaban J connectivity index is 1.46. The second-order valence-corrected chi connectivity index (χ2v) is 7.73. The number of nitrogens with two attached hydrogens (primary N) is 1. The van der Waals surface area contributed by atoms with E-state index in [1.807, 2.05) is 6.07 Å². The summed E-state index contributed by atoms with van der Waals surface area (Å²) >= 11 is 0. The van der Waals surface area contributed by atoms with Crippen molar-refractivity contribution < 1.29 is 24.5 Å². The molecule has 0 aromatic carbocycles. The molecule has 160 valence electrons. The third kappa shape index (κ3) is 3.43. The molecule has 2 fully saturated rings. The number of hydrogen-bond donors (Lipinski definition) is 4. The van der Waals surface area contributed by atoms with Gasteiger partial charge >= 0.3 is 6.09 Å². The summed E-state index contributed by atoms with van der Waals surface area (Å²) in [5.74, 6) is 0.646. The Morgan fingerprint density at radius 1 is 1.43 bits per heavy atom. The van der Waals surface area contributed by atoms with Crippen LogP contribution in [0.3, 0.4) is 0 Å². The molecule has 4 rings (SSSR count). The van der Waals surface area contributed by atoms with Crippen molar-refractivity contribution in [1.29, 1.82) is 5.26 Å². The summed E-state index contributed by atoms with van der Waals surface area (Å²) in [7, 11) is 0. The Morgan fingerprint density at radius 2 is 2.20 bits per heavy atom. The number of nitrogen functional groups attached to an aromatic ring is 1. The molecule has 1 aliphatic heterocycles. The van der Waals surface area contributed by atoms with Crippen LogP contribution in [-0.4, -0.2) is 62.4 Å². The van der Waals surface area contributed by atoms with Crippen molar-refractivity contribution in [3.8, 4) is 6.07 Å². The summed E-state index contributed by atoms with van der Waals surface area (Å²) < 4.78 is 12.2. The van der Waals surface area contributed by atoms with Gasteiger partial charge in [0.05, 0.1) is 5.69 Å². The first-order chi connectivity index (χ1) is 14.5. The number of aliphatic hydroxyl groups is 2. The summed E-state index contributed by atoms with van der Waals surface area (Å²) in [5.41, 5.74) is 4.53. The van der Waals surface area contributed by atoms with Gasteiger partial charge in [-0.2, -0.15) is 10.4 Å². The highest BCUT2D eigenvalue weighted by Gasteiger charge is 2.57. The molecule has 3 heterocycles. The molecule has 1 aliphatic carbocycles. The van der Waals surface area contributed by atoms with Gasteiger partial charge < -0.3 is 30.7 Å². The summed E-state index contributed by atoms with van der Waals surface area (Å²) in [6.45, 7) is 0.216. The first-order valence-corrected chi connectivity index (χ1v) is 9.91. The number of nitrogens with one attached hydrogen (secondary N) is 1. The minimum absolute atomic E-state index is 0.189. The molecule has 4 atom stereocenters. The summed E-state index contributed by atoms with van der Waals surface area (Å²) in [6.07, 6.45) is 0.956. The van der Waals surface area contributed by atoms with Gasteiger partial charge in [0.25, 0.3) is 0 Å². The quantitative estimate of drug-likeness (QED) is 0.527. The van der Waals surface area contributed by atoms with Crippen LogP contribution in [0.25, 0.3) is 5.52 Å². The predicted molar refractivity (Wildman–Crippen MR) is 103 cm³/mol. The van der Waals surface area contributed by atoms with Crippen LogP contribution in [0.2, 0.25) is 0 Å². The Hall–Kier alpha value is -2.94. The zero-order chi connectivity index (χ0) is 21.3. The maximum Gasteiger partial charge on any atom is 0.407 e. The highest BCUT2D eigenvalue weighted by Crippen LogP contribution is 2.40. The zero-order valence-electron chi connectivity index (χ0n) is 16.3. The number of anilines is 1. The van der Waals surface area contributed by atoms with Gasteiger partial charge in [-0.15, -0.1) is 0 Å². The van der Waals surface area contributed by atoms with E-state index in [1.165, 1.54) is 29.8 Å². The minimum atomic E-state index is -1.92. The molecule has 1 saturated heterocycles. The van der Waals surface area contributed by atoms with E-state index in [1.54, 1.807) is 6.07 Å². The number of hydrogen-bond acceptors (Lipinski definition) is 9. The molecule has 5 N–H and O–H groups in total. The molecule has 2 aliphatic rings. The average molecular weight is 416 g/mol. The normalized spacial score (nSPS) is 29.2. The second-order valence-electron chi connectivity index (χ2n) is 7.73. The van der Waals surface area contributed by atoms with Crippen molar-refractivity contribution >= 4 is 17.4 Å². The highest BCUT2D eigenvalue weighted by atomic mass is 16.6. The molecule has 2 aromatic heterocycles. The Kier molecular flexibility index (Phi) is 5.46. The van der Waals surface area contributed by atoms with E-state index >= 15 is 0 Å². The zero-order valence-corrected chi connectivity index (χ0v) is 16.3. The maximum absolute atomic E-state index is 12.0. The summed E-state index contributed by atoms with van der Waals surface area (Å²) in [4.78, 5) is 15.9. The fourth-order valence-electron chi connectivity index (χ4n) is 4.20. The second kappa shape index (κ2) is 8.06. The topological polar surface area (TPSA) is 168 Å². The van der Waals surface area contributed by atoms with Gasteiger partial charge in [0.15, 0.2) is 5.82 Å². The fraction of sp³-hybridized carbons (Fsp3) is 0.579. The van der Waals surface area contributed by atoms with Crippen LogP contribution in [0.4, 0.5) is 10.6 Å². The standard InChI is InChI=1S/C19H24N6O5/c20-9-19(14-6-5-12-17(21)23-10-24-25(12)14)16(27)15(26)13(30-19)8-29-18(28)22-7-11-3-1-2-4-11/h5-6,10-11,13,15-16,26-27H,1-4,7-8H2,(H,22,28)(H2,21,23,24)/t13-,15-,16-,19+/m1/s1. The largest absolute Gasteiger partial charge is 0.447 e. The molecule has 11 heteroatoms. The van der Waals surface area contributed by atoms with Crippen molar-refractivity contribution in [2.75, 3.05) is 18.9 Å². The van der Waals surface area contributed by atoms with Gasteiger partial charge in [0.1, 0.15) is 42.8 Å². The first-order valence-electron chi connectivity index (χ1n) is 9.91. The van der Waals surface area contributed by atoms with Crippen LogP contribution in [0.1, 0.15) is 31.4 Å². The highest BCUT2D eigenvalue weighted by molar-refractivity contribution is 5.67. The fourth-order valence-corrected chi connectivity index (χ4v) is 4.20. The van der Waals surface area contributed by atoms with Crippen molar-refractivity contribution in [2.24, 2.45) is 5.92 Å². The van der Waals surface area contributed by atoms with Crippen molar-refractivity contribution in [3.05, 3.63) is 24.2 Å². The molecular formula is C19H24N6O5. The maximum atomic E-state index is 12.0. The number of aliphatic hydroxyl groups excluding tert-OH is 2. The number of alkyl carbamates (subject to hydrolysis) is 1. The van der Waals surface area contributed by atoms with E-state index in [2.05, 4.69) is 15.4 Å². The summed E-state index contributed by atoms with van der Waals surface area (Å²) in [5, 5.41) is 37.7. The van der Waals surface area contributed by atoms with E-state index in [0.29, 0.717) is 18.0 Å². The number of carbonyl (C=O) groups is 1. The van der Waals surface area contributed by atoms with Crippen molar-refractivity contribution in [3.63, 3.8) is 0 Å². The van der Waals surface area contributed by atoms with Gasteiger partial charge in [0, 0.05) is 6.54 Å². The number of rotatable bonds is 5. The van der Waals surface area contributed by atoms with Crippen LogP contribution in [0.15, 0.2) is 18.5 Å². The third-order valence-electron chi connectivity index (χ3n) is 5.88. The molecule has 0 spiro atoms. The Labute approximate surface area is 172 Å². The first kappa shape index (κ1) is 20.3. The van der Waals surface area contributed by atoms with Gasteiger partial charge in [-0.3, -0.25) is 0 Å². The average Bonchev–Trinajstić information content (AvgIpc) is 3.47. The lowest BCUT2D eigenvalue weighted by atomic mass is 9.92. The van der Waals surface area contributed by atoms with E-state index in [4.69, 9.17) is 15.2 Å². The van der Waals surface area contributed by atoms with Crippen LogP contribution < -0.4 is 11.1 Å². The van der Waals surface area contributed by atoms with Gasteiger partial charge in [-0.1, -0.05) is 12.8 Å². The van der Waals surface area contributed by atoms with Crippen molar-refractivity contribution in [2.45, 2.75) is 49.6 Å². The lowest BCUT2D eigenvalue weighted by Crippen LogP contribution is -2.41. The van der Waals surface area contributed by atoms with E-state index < -0.39 is 30.0 Å². The molecule has 1 saturated carbocycles. The summed E-state index contributed by atoms with van der Waals surface area (Å²) in [6, 6.07) is 5.06. The van der Waals surface area contributed by atoms with Crippen LogP contribution in [-0.2, 0) is 15.1 Å². The number of ether oxygens (including phenoxy) is 2. The molecule has 1 amide bonds. The molecule has 0 unspecified atom stereocenters.